The number of alkyl carbamates (subject to hydrolysis) is 1. The van der Waals surface area contributed by atoms with Gasteiger partial charge in [0.1, 0.15) is 35.4 Å². The van der Waals surface area contributed by atoms with Crippen LogP contribution in [0.4, 0.5) is 26.7 Å². The molecule has 0 aliphatic heterocycles. The summed E-state index contributed by atoms with van der Waals surface area (Å²) in [6, 6.07) is 6.09. The monoisotopic (exact) mass is 590 g/mol. The van der Waals surface area contributed by atoms with Crippen molar-refractivity contribution < 1.29 is 41.0 Å². The number of aryl methyl sites for hydroxylation is 1. The van der Waals surface area contributed by atoms with Crippen molar-refractivity contribution in [3.63, 3.8) is 0 Å². The third kappa shape index (κ3) is 6.96. The summed E-state index contributed by atoms with van der Waals surface area (Å²) in [6.07, 6.45) is 0.716. The zero-order chi connectivity index (χ0) is 30.8. The third-order valence-corrected chi connectivity index (χ3v) is 5.98. The Hall–Kier alpha value is -4.68. The lowest BCUT2D eigenvalue weighted by Gasteiger charge is -2.23. The molecule has 13 heteroatoms. The van der Waals surface area contributed by atoms with Gasteiger partial charge in [0.25, 0.3) is 5.91 Å². The number of benzene rings is 2. The van der Waals surface area contributed by atoms with E-state index in [1.165, 1.54) is 35.7 Å². The number of aromatic nitrogens is 2. The van der Waals surface area contributed by atoms with E-state index in [4.69, 9.17) is 9.47 Å². The largest absolute Gasteiger partial charge is 0.485 e. The summed E-state index contributed by atoms with van der Waals surface area (Å²) in [7, 11) is 0. The zero-order valence-electron chi connectivity index (χ0n) is 23.0. The van der Waals surface area contributed by atoms with Crippen molar-refractivity contribution in [3.8, 4) is 5.75 Å². The fraction of sp³-hybridized carbons (Fsp3) is 0.276. The predicted octanol–water partition coefficient (Wildman–Crippen LogP) is 5.91. The first-order valence-corrected chi connectivity index (χ1v) is 12.7. The van der Waals surface area contributed by atoms with Crippen LogP contribution in [-0.4, -0.2) is 33.5 Å². The molecule has 2 aromatic carbocycles. The maximum atomic E-state index is 14.1. The van der Waals surface area contributed by atoms with Gasteiger partial charge in [0.05, 0.1) is 17.3 Å². The Balaban J connectivity index is 1.60. The summed E-state index contributed by atoms with van der Waals surface area (Å²) in [5.41, 5.74) is -0.707. The molecule has 4 rings (SSSR count). The van der Waals surface area contributed by atoms with Crippen LogP contribution in [0.5, 0.6) is 5.75 Å². The number of carbonyl (C=O) groups is 2. The molecule has 0 aliphatic carbocycles. The first kappa shape index (κ1) is 30.3. The van der Waals surface area contributed by atoms with Gasteiger partial charge < -0.3 is 20.1 Å². The Kier molecular flexibility index (Phi) is 8.69. The summed E-state index contributed by atoms with van der Waals surface area (Å²) in [4.78, 5) is 30.1. The minimum absolute atomic E-state index is 0.0412. The number of pyridine rings is 1. The second-order valence-electron chi connectivity index (χ2n) is 10.3. The van der Waals surface area contributed by atoms with Gasteiger partial charge >= 0.3 is 6.09 Å². The molecule has 0 aliphatic rings. The molecule has 222 valence electrons. The fourth-order valence-corrected chi connectivity index (χ4v) is 4.11. The van der Waals surface area contributed by atoms with E-state index in [1.54, 1.807) is 20.8 Å². The Morgan fingerprint density at radius 3 is 2.31 bits per heavy atom. The maximum absolute atomic E-state index is 14.1. The number of nitrogens with one attached hydrogen (secondary N) is 2. The minimum atomic E-state index is -1.15. The highest BCUT2D eigenvalue weighted by molar-refractivity contribution is 5.95. The molecular weight excluding hydrogens is 563 g/mol. The van der Waals surface area contributed by atoms with Crippen LogP contribution < -0.4 is 15.4 Å². The van der Waals surface area contributed by atoms with E-state index in [2.05, 4.69) is 15.6 Å². The quantitative estimate of drug-likeness (QED) is 0.249. The van der Waals surface area contributed by atoms with E-state index in [9.17, 15) is 31.5 Å². The molecule has 0 saturated heterocycles. The molecule has 2 amide bonds. The molecule has 0 spiro atoms. The number of amides is 2. The van der Waals surface area contributed by atoms with Gasteiger partial charge in [-0.25, -0.2) is 31.7 Å². The van der Waals surface area contributed by atoms with Crippen LogP contribution in [0.2, 0.25) is 0 Å². The lowest BCUT2D eigenvalue weighted by Crippen LogP contribution is -2.40. The molecule has 0 radical (unpaired) electrons. The van der Waals surface area contributed by atoms with Crippen molar-refractivity contribution >= 4 is 17.6 Å². The van der Waals surface area contributed by atoms with E-state index in [0.717, 1.165) is 12.1 Å². The van der Waals surface area contributed by atoms with Crippen molar-refractivity contribution in [2.24, 2.45) is 0 Å². The van der Waals surface area contributed by atoms with Crippen LogP contribution in [0, 0.1) is 36.0 Å². The Labute approximate surface area is 237 Å². The number of carbonyl (C=O) groups excluding carboxylic acids is 2. The fourth-order valence-electron chi connectivity index (χ4n) is 4.11. The van der Waals surface area contributed by atoms with E-state index in [0.29, 0.717) is 12.1 Å². The standard InChI is InChI=1S/C29H27F5N4O4/c1-15-25(38-9-5-6-24(26(38)36-15)41-14-18-20(32)11-17(30)12-21(18)33)27(39)37-23(13-35-28(40)42-29(2,3)4)16-7-8-19(31)22(34)10-16/h5-12,23H,13-14H2,1-4H3,(H,35,40)(H,37,39). The van der Waals surface area contributed by atoms with Crippen molar-refractivity contribution in [2.75, 3.05) is 6.54 Å². The van der Waals surface area contributed by atoms with Gasteiger partial charge in [-0.2, -0.15) is 0 Å². The highest BCUT2D eigenvalue weighted by Gasteiger charge is 2.25. The Morgan fingerprint density at radius 1 is 0.976 bits per heavy atom. The molecule has 4 aromatic rings. The molecule has 0 fully saturated rings. The summed E-state index contributed by atoms with van der Waals surface area (Å²) in [5.74, 6) is -6.16. The average Bonchev–Trinajstić information content (AvgIpc) is 3.23. The van der Waals surface area contributed by atoms with Crippen LogP contribution in [0.15, 0.2) is 48.7 Å². The molecule has 8 nitrogen and oxygen atoms in total. The SMILES string of the molecule is Cc1nc2c(OCc3c(F)cc(F)cc3F)cccn2c1C(=O)NC(CNC(=O)OC(C)(C)C)c1ccc(F)c(F)c1. The molecule has 2 N–H and O–H groups in total. The highest BCUT2D eigenvalue weighted by Crippen LogP contribution is 2.25. The number of hydrogen-bond acceptors (Lipinski definition) is 5. The topological polar surface area (TPSA) is 94.0 Å². The van der Waals surface area contributed by atoms with Gasteiger partial charge in [-0.15, -0.1) is 0 Å². The van der Waals surface area contributed by atoms with Crippen molar-refractivity contribution in [1.29, 1.82) is 0 Å². The van der Waals surface area contributed by atoms with Gasteiger partial charge in [0, 0.05) is 24.9 Å². The maximum Gasteiger partial charge on any atom is 0.407 e. The van der Waals surface area contributed by atoms with Gasteiger partial charge in [-0.1, -0.05) is 6.07 Å². The average molecular weight is 591 g/mol. The summed E-state index contributed by atoms with van der Waals surface area (Å²) >= 11 is 0. The first-order chi connectivity index (χ1) is 19.7. The van der Waals surface area contributed by atoms with Gasteiger partial charge in [0.2, 0.25) is 0 Å². The van der Waals surface area contributed by atoms with Crippen LogP contribution in [0.25, 0.3) is 5.65 Å². The smallest absolute Gasteiger partial charge is 0.407 e. The van der Waals surface area contributed by atoms with Crippen LogP contribution >= 0.6 is 0 Å². The van der Waals surface area contributed by atoms with Crippen molar-refractivity contribution in [1.82, 2.24) is 20.0 Å². The van der Waals surface area contributed by atoms with Gasteiger partial charge in [-0.05, 0) is 57.5 Å². The number of rotatable bonds is 8. The number of imidazole rings is 1. The Bertz CT molecular complexity index is 1630. The molecule has 1 unspecified atom stereocenters. The second kappa shape index (κ2) is 12.0. The van der Waals surface area contributed by atoms with Crippen molar-refractivity contribution in [3.05, 3.63) is 100 Å². The zero-order valence-corrected chi connectivity index (χ0v) is 23.0. The second-order valence-corrected chi connectivity index (χ2v) is 10.3. The molecule has 2 aromatic heterocycles. The lowest BCUT2D eigenvalue weighted by atomic mass is 10.1. The summed E-state index contributed by atoms with van der Waals surface area (Å²) < 4.78 is 81.3. The number of nitrogens with zero attached hydrogens (tertiary/aromatic N) is 2. The molecule has 0 bridgehead atoms. The van der Waals surface area contributed by atoms with Gasteiger partial charge in [-0.3, -0.25) is 9.20 Å². The first-order valence-electron chi connectivity index (χ1n) is 12.7. The molecular formula is C29H27F5N4O4. The van der Waals surface area contributed by atoms with E-state index in [-0.39, 0.29) is 34.9 Å². The summed E-state index contributed by atoms with van der Waals surface area (Å²) in [6.45, 7) is 5.72. The number of hydrogen-bond donors (Lipinski definition) is 2. The normalized spacial score (nSPS) is 12.2. The molecule has 42 heavy (non-hydrogen) atoms. The minimum Gasteiger partial charge on any atom is -0.485 e. The number of ether oxygens (including phenoxy) is 2. The van der Waals surface area contributed by atoms with Crippen LogP contribution in [0.1, 0.15) is 54.1 Å². The summed E-state index contributed by atoms with van der Waals surface area (Å²) in [5, 5.41) is 5.21. The molecule has 2 heterocycles. The third-order valence-electron chi connectivity index (χ3n) is 5.98. The predicted molar refractivity (Wildman–Crippen MR) is 141 cm³/mol. The van der Waals surface area contributed by atoms with E-state index < -0.39 is 64.9 Å². The number of halogens is 5. The van der Waals surface area contributed by atoms with E-state index in [1.807, 2.05) is 0 Å². The molecule has 1 atom stereocenters. The van der Waals surface area contributed by atoms with Crippen LogP contribution in [0.3, 0.4) is 0 Å². The van der Waals surface area contributed by atoms with Crippen LogP contribution in [-0.2, 0) is 11.3 Å². The van der Waals surface area contributed by atoms with Crippen molar-refractivity contribution in [2.45, 2.75) is 45.9 Å². The number of fused-ring (bicyclic) bond motifs is 1. The van der Waals surface area contributed by atoms with Gasteiger partial charge in [0.15, 0.2) is 23.0 Å². The lowest BCUT2D eigenvalue weighted by molar-refractivity contribution is 0.0519. The van der Waals surface area contributed by atoms with E-state index >= 15 is 0 Å². The highest BCUT2D eigenvalue weighted by atomic mass is 19.2. The Morgan fingerprint density at radius 2 is 1.67 bits per heavy atom. The molecule has 0 saturated carbocycles.